The number of nitrogens with zero attached hydrogens (tertiary/aromatic N) is 4. The minimum Gasteiger partial charge on any atom is -0.457 e. The second-order valence-corrected chi connectivity index (χ2v) is 5.30. The fourth-order valence-corrected chi connectivity index (χ4v) is 2.88. The van der Waals surface area contributed by atoms with Crippen LogP contribution < -0.4 is 0 Å². The van der Waals surface area contributed by atoms with E-state index in [1.165, 1.54) is 6.92 Å². The summed E-state index contributed by atoms with van der Waals surface area (Å²) in [7, 11) is 0. The Morgan fingerprint density at radius 3 is 2.90 bits per heavy atom. The van der Waals surface area contributed by atoms with E-state index in [2.05, 4.69) is 15.5 Å². The lowest BCUT2D eigenvalue weighted by Gasteiger charge is -2.25. The molecule has 1 aromatic heterocycles. The van der Waals surface area contributed by atoms with Gasteiger partial charge in [-0.15, -0.1) is 5.10 Å². The van der Waals surface area contributed by atoms with Crippen molar-refractivity contribution in [2.45, 2.75) is 44.8 Å². The van der Waals surface area contributed by atoms with Gasteiger partial charge in [-0.3, -0.25) is 4.79 Å². The van der Waals surface area contributed by atoms with Crippen molar-refractivity contribution in [3.8, 4) is 0 Å². The van der Waals surface area contributed by atoms with Crippen molar-refractivity contribution >= 4 is 5.97 Å². The van der Waals surface area contributed by atoms with Gasteiger partial charge in [0.1, 0.15) is 6.10 Å². The van der Waals surface area contributed by atoms with Crippen molar-refractivity contribution in [2.24, 2.45) is 0 Å². The van der Waals surface area contributed by atoms with Crippen molar-refractivity contribution in [1.82, 2.24) is 20.2 Å². The predicted octanol–water partition coefficient (Wildman–Crippen LogP) is 2.25. The molecule has 2 heterocycles. The number of esters is 1. The lowest BCUT2D eigenvalue weighted by molar-refractivity contribution is -0.148. The number of hydrogen-bond acceptors (Lipinski definition) is 5. The molecule has 1 aliphatic rings. The SMILES string of the molecule is CC(=O)OC(c1ccccc1)C1CCCCn2nnnc21. The smallest absolute Gasteiger partial charge is 0.303 e. The van der Waals surface area contributed by atoms with E-state index in [1.807, 2.05) is 35.0 Å². The van der Waals surface area contributed by atoms with Gasteiger partial charge in [-0.2, -0.15) is 0 Å². The minimum absolute atomic E-state index is 0.00574. The number of benzene rings is 1. The quantitative estimate of drug-likeness (QED) is 0.809. The second kappa shape index (κ2) is 6.03. The van der Waals surface area contributed by atoms with E-state index in [9.17, 15) is 4.79 Å². The standard InChI is InChI=1S/C15H18N4O2/c1-11(20)21-14(12-7-3-2-4-8-12)13-9-5-6-10-19-15(13)16-17-18-19/h2-4,7-8,13-14H,5-6,9-10H2,1H3. The fourth-order valence-electron chi connectivity index (χ4n) is 2.88. The Labute approximate surface area is 123 Å². The maximum absolute atomic E-state index is 11.5. The Morgan fingerprint density at radius 2 is 2.14 bits per heavy atom. The molecule has 2 aromatic rings. The van der Waals surface area contributed by atoms with E-state index in [1.54, 1.807) is 0 Å². The zero-order chi connectivity index (χ0) is 14.7. The number of aromatic nitrogens is 4. The van der Waals surface area contributed by atoms with Crippen LogP contribution in [0.25, 0.3) is 0 Å². The van der Waals surface area contributed by atoms with Crippen LogP contribution in [0.2, 0.25) is 0 Å². The van der Waals surface area contributed by atoms with Crippen molar-refractivity contribution < 1.29 is 9.53 Å². The summed E-state index contributed by atoms with van der Waals surface area (Å²) in [5.74, 6) is 0.517. The second-order valence-electron chi connectivity index (χ2n) is 5.30. The Kier molecular flexibility index (Phi) is 3.94. The summed E-state index contributed by atoms with van der Waals surface area (Å²) in [6.45, 7) is 2.26. The molecule has 0 saturated carbocycles. The molecule has 21 heavy (non-hydrogen) atoms. The van der Waals surface area contributed by atoms with Crippen LogP contribution in [0.5, 0.6) is 0 Å². The highest BCUT2D eigenvalue weighted by Gasteiger charge is 2.32. The van der Waals surface area contributed by atoms with Crippen molar-refractivity contribution in [3.63, 3.8) is 0 Å². The van der Waals surface area contributed by atoms with Crippen LogP contribution in [-0.2, 0) is 16.1 Å². The molecule has 0 amide bonds. The zero-order valence-electron chi connectivity index (χ0n) is 12.0. The topological polar surface area (TPSA) is 69.9 Å². The van der Waals surface area contributed by atoms with Gasteiger partial charge in [0.2, 0.25) is 0 Å². The number of carbonyl (C=O) groups excluding carboxylic acids is 1. The van der Waals surface area contributed by atoms with Gasteiger partial charge in [-0.1, -0.05) is 36.8 Å². The summed E-state index contributed by atoms with van der Waals surface area (Å²) in [6, 6.07) is 9.81. The maximum atomic E-state index is 11.5. The number of ether oxygens (including phenoxy) is 1. The molecule has 6 nitrogen and oxygen atoms in total. The number of rotatable bonds is 3. The van der Waals surface area contributed by atoms with Crippen LogP contribution >= 0.6 is 0 Å². The molecule has 0 bridgehead atoms. The molecule has 0 spiro atoms. The van der Waals surface area contributed by atoms with Gasteiger partial charge in [0.25, 0.3) is 0 Å². The van der Waals surface area contributed by atoms with Gasteiger partial charge >= 0.3 is 5.97 Å². The minimum atomic E-state index is -0.341. The number of fused-ring (bicyclic) bond motifs is 1. The van der Waals surface area contributed by atoms with Crippen LogP contribution in [-0.4, -0.2) is 26.2 Å². The fraction of sp³-hybridized carbons (Fsp3) is 0.467. The molecule has 0 saturated heterocycles. The maximum Gasteiger partial charge on any atom is 0.303 e. The third-order valence-corrected chi connectivity index (χ3v) is 3.81. The first-order valence-corrected chi connectivity index (χ1v) is 7.24. The normalized spacial score (nSPS) is 19.4. The van der Waals surface area contributed by atoms with E-state index >= 15 is 0 Å². The molecule has 1 aromatic carbocycles. The Hall–Kier alpha value is -2.24. The molecule has 0 radical (unpaired) electrons. The molecular formula is C15H18N4O2. The highest BCUT2D eigenvalue weighted by atomic mass is 16.5. The molecule has 1 aliphatic heterocycles. The average molecular weight is 286 g/mol. The molecule has 6 heteroatoms. The van der Waals surface area contributed by atoms with Crippen molar-refractivity contribution in [2.75, 3.05) is 0 Å². The first-order valence-electron chi connectivity index (χ1n) is 7.24. The number of tetrazole rings is 1. The number of aryl methyl sites for hydroxylation is 1. The third kappa shape index (κ3) is 2.94. The predicted molar refractivity (Wildman–Crippen MR) is 75.4 cm³/mol. The van der Waals surface area contributed by atoms with Crippen LogP contribution in [0.3, 0.4) is 0 Å². The Bertz CT molecular complexity index is 611. The Balaban J connectivity index is 1.98. The molecule has 0 fully saturated rings. The molecule has 2 atom stereocenters. The van der Waals surface area contributed by atoms with Crippen LogP contribution in [0.15, 0.2) is 30.3 Å². The van der Waals surface area contributed by atoms with E-state index < -0.39 is 0 Å². The van der Waals surface area contributed by atoms with Gasteiger partial charge in [0, 0.05) is 13.5 Å². The van der Waals surface area contributed by atoms with Crippen LogP contribution in [0.1, 0.15) is 49.6 Å². The van der Waals surface area contributed by atoms with Gasteiger partial charge in [0.15, 0.2) is 5.82 Å². The van der Waals surface area contributed by atoms with Crippen molar-refractivity contribution in [3.05, 3.63) is 41.7 Å². The van der Waals surface area contributed by atoms with Gasteiger partial charge in [0.05, 0.1) is 5.92 Å². The van der Waals surface area contributed by atoms with E-state index in [0.29, 0.717) is 0 Å². The van der Waals surface area contributed by atoms with E-state index in [-0.39, 0.29) is 18.0 Å². The Morgan fingerprint density at radius 1 is 1.33 bits per heavy atom. The van der Waals surface area contributed by atoms with Gasteiger partial charge in [-0.25, -0.2) is 4.68 Å². The van der Waals surface area contributed by atoms with Crippen LogP contribution in [0.4, 0.5) is 0 Å². The van der Waals surface area contributed by atoms with E-state index in [0.717, 1.165) is 37.2 Å². The van der Waals surface area contributed by atoms with Gasteiger partial charge < -0.3 is 4.74 Å². The highest BCUT2D eigenvalue weighted by molar-refractivity contribution is 5.66. The van der Waals surface area contributed by atoms with Crippen LogP contribution in [0, 0.1) is 0 Å². The average Bonchev–Trinajstić information content (AvgIpc) is 2.86. The number of carbonyl (C=O) groups is 1. The monoisotopic (exact) mass is 286 g/mol. The summed E-state index contributed by atoms with van der Waals surface area (Å²) < 4.78 is 7.44. The lowest BCUT2D eigenvalue weighted by atomic mass is 9.91. The molecule has 3 rings (SSSR count). The first-order chi connectivity index (χ1) is 10.3. The van der Waals surface area contributed by atoms with E-state index in [4.69, 9.17) is 4.74 Å². The highest BCUT2D eigenvalue weighted by Crippen LogP contribution is 2.38. The molecule has 2 unspecified atom stereocenters. The molecule has 0 N–H and O–H groups in total. The summed E-state index contributed by atoms with van der Waals surface area (Å²) in [6.07, 6.45) is 2.66. The molecule has 110 valence electrons. The zero-order valence-corrected chi connectivity index (χ0v) is 12.0. The summed E-state index contributed by atoms with van der Waals surface area (Å²) in [5, 5.41) is 12.0. The molecule has 0 aliphatic carbocycles. The number of hydrogen-bond donors (Lipinski definition) is 0. The van der Waals surface area contributed by atoms with Crippen molar-refractivity contribution in [1.29, 1.82) is 0 Å². The lowest BCUT2D eigenvalue weighted by Crippen LogP contribution is -2.20. The van der Waals surface area contributed by atoms with Gasteiger partial charge in [-0.05, 0) is 28.8 Å². The summed E-state index contributed by atoms with van der Waals surface area (Å²) >= 11 is 0. The summed E-state index contributed by atoms with van der Waals surface area (Å²) in [5.41, 5.74) is 0.981. The largest absolute Gasteiger partial charge is 0.457 e. The molecular weight excluding hydrogens is 268 g/mol. The third-order valence-electron chi connectivity index (χ3n) is 3.81. The summed E-state index contributed by atoms with van der Waals surface area (Å²) in [4.78, 5) is 11.5. The first kappa shape index (κ1) is 13.7.